The summed E-state index contributed by atoms with van der Waals surface area (Å²) >= 11 is 6.63. The fraction of sp³-hybridized carbons (Fsp3) is 0. The zero-order chi connectivity index (χ0) is 27.3. The third-order valence-corrected chi connectivity index (χ3v) is 7.79. The van der Waals surface area contributed by atoms with Gasteiger partial charge in [-0.25, -0.2) is 22.9 Å². The molecule has 6 aromatic rings. The van der Waals surface area contributed by atoms with Gasteiger partial charge in [0, 0.05) is 27.6 Å². The Morgan fingerprint density at radius 3 is 2.44 bits per heavy atom. The van der Waals surface area contributed by atoms with Crippen LogP contribution >= 0.6 is 11.6 Å². The van der Waals surface area contributed by atoms with Gasteiger partial charge in [0.1, 0.15) is 0 Å². The number of sulfonamides is 1. The first-order chi connectivity index (χ1) is 18.7. The molecule has 3 N–H and O–H groups in total. The highest BCUT2D eigenvalue weighted by molar-refractivity contribution is 7.89. The number of fused-ring (bicyclic) bond motifs is 2. The molecule has 0 fully saturated rings. The Morgan fingerprint density at radius 2 is 1.62 bits per heavy atom. The van der Waals surface area contributed by atoms with Gasteiger partial charge in [0.2, 0.25) is 10.0 Å². The van der Waals surface area contributed by atoms with Crippen LogP contribution in [0.4, 0.5) is 0 Å². The maximum Gasteiger partial charge on any atom is 0.333 e. The van der Waals surface area contributed by atoms with Crippen molar-refractivity contribution in [3.8, 4) is 27.9 Å². The van der Waals surface area contributed by atoms with Gasteiger partial charge in [0.05, 0.1) is 27.7 Å². The molecule has 8 nitrogen and oxygen atoms in total. The number of nitrogens with one attached hydrogen (secondary N) is 1. The van der Waals surface area contributed by atoms with Gasteiger partial charge in [-0.1, -0.05) is 66.2 Å². The average Bonchev–Trinajstić information content (AvgIpc) is 2.92. The van der Waals surface area contributed by atoms with Crippen LogP contribution in [0.25, 0.3) is 49.6 Å². The number of nitrogens with zero attached hydrogens (tertiary/aromatic N) is 2. The van der Waals surface area contributed by atoms with Crippen molar-refractivity contribution in [2.75, 3.05) is 0 Å². The van der Waals surface area contributed by atoms with Gasteiger partial charge in [-0.3, -0.25) is 9.78 Å². The van der Waals surface area contributed by atoms with E-state index in [1.54, 1.807) is 48.7 Å². The summed E-state index contributed by atoms with van der Waals surface area (Å²) in [5.74, 6) is 0. The van der Waals surface area contributed by atoms with E-state index in [1.807, 2.05) is 30.3 Å². The van der Waals surface area contributed by atoms with E-state index in [1.165, 1.54) is 18.3 Å². The van der Waals surface area contributed by atoms with Crippen LogP contribution < -0.4 is 16.4 Å². The molecular formula is C29H19ClN4O4S. The highest BCUT2D eigenvalue weighted by atomic mass is 35.5. The van der Waals surface area contributed by atoms with Gasteiger partial charge in [0.15, 0.2) is 0 Å². The quantitative estimate of drug-likeness (QED) is 0.321. The van der Waals surface area contributed by atoms with E-state index in [9.17, 15) is 18.0 Å². The Morgan fingerprint density at radius 1 is 0.821 bits per heavy atom. The van der Waals surface area contributed by atoms with E-state index >= 15 is 0 Å². The Kier molecular flexibility index (Phi) is 5.91. The van der Waals surface area contributed by atoms with E-state index in [-0.39, 0.29) is 4.90 Å². The summed E-state index contributed by atoms with van der Waals surface area (Å²) in [6, 6.07) is 23.9. The molecule has 0 saturated heterocycles. The summed E-state index contributed by atoms with van der Waals surface area (Å²) < 4.78 is 24.9. The number of hydrogen-bond donors (Lipinski definition) is 2. The van der Waals surface area contributed by atoms with E-state index in [0.717, 1.165) is 15.3 Å². The van der Waals surface area contributed by atoms with E-state index in [0.29, 0.717) is 43.9 Å². The van der Waals surface area contributed by atoms with Crippen molar-refractivity contribution in [2.24, 2.45) is 5.14 Å². The molecule has 0 radical (unpaired) electrons. The summed E-state index contributed by atoms with van der Waals surface area (Å²) in [6.07, 6.45) is 3.16. The number of H-pyrrole nitrogens is 1. The largest absolute Gasteiger partial charge is 0.333 e. The molecule has 0 atom stereocenters. The lowest BCUT2D eigenvalue weighted by Crippen LogP contribution is -2.33. The first kappa shape index (κ1) is 24.7. The fourth-order valence-electron chi connectivity index (χ4n) is 4.77. The minimum Gasteiger partial charge on any atom is -0.306 e. The summed E-state index contributed by atoms with van der Waals surface area (Å²) in [4.78, 5) is 33.8. The second-order valence-electron chi connectivity index (χ2n) is 8.95. The van der Waals surface area contributed by atoms with Crippen molar-refractivity contribution in [2.45, 2.75) is 4.90 Å². The first-order valence-electron chi connectivity index (χ1n) is 11.8. The lowest BCUT2D eigenvalue weighted by molar-refractivity contribution is 0.598. The van der Waals surface area contributed by atoms with Crippen LogP contribution in [-0.2, 0) is 10.0 Å². The maximum atomic E-state index is 13.5. The minimum atomic E-state index is -3.91. The summed E-state index contributed by atoms with van der Waals surface area (Å²) in [6.45, 7) is 0. The molecule has 10 heteroatoms. The van der Waals surface area contributed by atoms with Crippen molar-refractivity contribution < 1.29 is 8.42 Å². The molecule has 6 rings (SSSR count). The molecule has 2 heterocycles. The molecule has 2 aromatic heterocycles. The van der Waals surface area contributed by atoms with Gasteiger partial charge in [-0.2, -0.15) is 0 Å². The Hall–Kier alpha value is -4.57. The molecule has 0 saturated carbocycles. The molecule has 0 bridgehead atoms. The summed E-state index contributed by atoms with van der Waals surface area (Å²) in [7, 11) is -3.91. The standard InChI is InChI=1S/C29H19ClN4O4S/c30-24-10-4-9-22(17-6-3-7-20(13-17)39(31,37)38)27(24)18-11-12-23-25(14-18)33-29(36)34(28(23)35)26-16-32-15-19-5-1-2-8-21(19)26/h1-16H,(H,33,36)(H2,31,37,38). The molecule has 4 aromatic carbocycles. The van der Waals surface area contributed by atoms with E-state index < -0.39 is 21.3 Å². The maximum absolute atomic E-state index is 13.5. The van der Waals surface area contributed by atoms with Crippen molar-refractivity contribution in [3.63, 3.8) is 0 Å². The third-order valence-electron chi connectivity index (χ3n) is 6.56. The zero-order valence-electron chi connectivity index (χ0n) is 20.1. The molecular weight excluding hydrogens is 536 g/mol. The van der Waals surface area contributed by atoms with Crippen LogP contribution in [0.3, 0.4) is 0 Å². The lowest BCUT2D eigenvalue weighted by Gasteiger charge is -2.14. The zero-order valence-corrected chi connectivity index (χ0v) is 21.7. The van der Waals surface area contributed by atoms with Gasteiger partial charge < -0.3 is 4.98 Å². The predicted molar refractivity (Wildman–Crippen MR) is 153 cm³/mol. The van der Waals surface area contributed by atoms with E-state index in [2.05, 4.69) is 9.97 Å². The van der Waals surface area contributed by atoms with Gasteiger partial charge in [0.25, 0.3) is 5.56 Å². The van der Waals surface area contributed by atoms with Crippen LogP contribution in [0, 0.1) is 0 Å². The topological polar surface area (TPSA) is 128 Å². The van der Waals surface area contributed by atoms with Crippen LogP contribution in [0.2, 0.25) is 5.02 Å². The Bertz CT molecular complexity index is 2170. The van der Waals surface area contributed by atoms with Crippen LogP contribution in [0.15, 0.2) is 112 Å². The molecule has 0 spiro atoms. The molecule has 39 heavy (non-hydrogen) atoms. The molecule has 0 unspecified atom stereocenters. The summed E-state index contributed by atoms with van der Waals surface area (Å²) in [5, 5.41) is 7.57. The number of primary sulfonamides is 1. The lowest BCUT2D eigenvalue weighted by atomic mass is 9.94. The number of nitrogens with two attached hydrogens (primary N) is 1. The number of rotatable bonds is 4. The van der Waals surface area contributed by atoms with Crippen molar-refractivity contribution in [1.82, 2.24) is 14.5 Å². The third kappa shape index (κ3) is 4.32. The Labute approximate surface area is 227 Å². The number of halogens is 1. The van der Waals surface area contributed by atoms with Crippen LogP contribution in [-0.4, -0.2) is 23.0 Å². The molecule has 0 aliphatic rings. The average molecular weight is 555 g/mol. The molecule has 192 valence electrons. The number of aromatic amines is 1. The highest BCUT2D eigenvalue weighted by Gasteiger charge is 2.17. The van der Waals surface area contributed by atoms with Crippen LogP contribution in [0.1, 0.15) is 0 Å². The minimum absolute atomic E-state index is 0.0303. The van der Waals surface area contributed by atoms with Gasteiger partial charge in [-0.05, 0) is 47.0 Å². The summed E-state index contributed by atoms with van der Waals surface area (Å²) in [5.41, 5.74) is 2.10. The molecule has 0 amide bonds. The van der Waals surface area contributed by atoms with Gasteiger partial charge >= 0.3 is 5.69 Å². The Balaban J connectivity index is 1.55. The number of pyridine rings is 1. The smallest absolute Gasteiger partial charge is 0.306 e. The fourth-order valence-corrected chi connectivity index (χ4v) is 5.61. The number of benzene rings is 4. The monoisotopic (exact) mass is 554 g/mol. The van der Waals surface area contributed by atoms with Crippen LogP contribution in [0.5, 0.6) is 0 Å². The molecule has 0 aliphatic heterocycles. The second-order valence-corrected chi connectivity index (χ2v) is 10.9. The van der Waals surface area contributed by atoms with Crippen molar-refractivity contribution in [1.29, 1.82) is 0 Å². The SMILES string of the molecule is NS(=O)(=O)c1cccc(-c2cccc(Cl)c2-c2ccc3c(=O)n(-c4cncc5ccccc45)c(=O)[nH]c3c2)c1. The number of aromatic nitrogens is 3. The number of hydrogen-bond acceptors (Lipinski definition) is 5. The van der Waals surface area contributed by atoms with Crippen molar-refractivity contribution in [3.05, 3.63) is 123 Å². The molecule has 0 aliphatic carbocycles. The van der Waals surface area contributed by atoms with E-state index in [4.69, 9.17) is 16.7 Å². The normalized spacial score (nSPS) is 11.7. The van der Waals surface area contributed by atoms with Gasteiger partial charge in [-0.15, -0.1) is 0 Å². The highest BCUT2D eigenvalue weighted by Crippen LogP contribution is 2.38. The van der Waals surface area contributed by atoms with Crippen molar-refractivity contribution >= 4 is 43.3 Å². The predicted octanol–water partition coefficient (Wildman–Crippen LogP) is 4.86. The second kappa shape index (κ2) is 9.32. The first-order valence-corrected chi connectivity index (χ1v) is 13.7.